The van der Waals surface area contributed by atoms with Crippen LogP contribution in [0.2, 0.25) is 5.02 Å². The summed E-state index contributed by atoms with van der Waals surface area (Å²) in [7, 11) is 0. The Morgan fingerprint density at radius 3 is 2.50 bits per heavy atom. The summed E-state index contributed by atoms with van der Waals surface area (Å²) >= 11 is 6.06. The highest BCUT2D eigenvalue weighted by Gasteiger charge is 2.21. The third-order valence-electron chi connectivity index (χ3n) is 4.19. The first-order valence-electron chi connectivity index (χ1n) is 8.22. The SMILES string of the molecule is Cc1c(Cl)cccc1NC(=O)[C@H](C)OC(=O)c1cccc2ccccc12. The number of hydrogen-bond acceptors (Lipinski definition) is 3. The van der Waals surface area contributed by atoms with Crippen LogP contribution in [0.4, 0.5) is 5.69 Å². The highest BCUT2D eigenvalue weighted by molar-refractivity contribution is 6.31. The Hall–Kier alpha value is -2.85. The number of ether oxygens (including phenoxy) is 1. The summed E-state index contributed by atoms with van der Waals surface area (Å²) in [6.45, 7) is 3.35. The van der Waals surface area contributed by atoms with Gasteiger partial charge in [0.1, 0.15) is 0 Å². The maximum atomic E-state index is 12.5. The molecule has 5 heteroatoms. The summed E-state index contributed by atoms with van der Waals surface area (Å²) in [5, 5.41) is 5.03. The molecule has 0 saturated carbocycles. The number of nitrogens with one attached hydrogen (secondary N) is 1. The summed E-state index contributed by atoms with van der Waals surface area (Å²) < 4.78 is 5.36. The third kappa shape index (κ3) is 3.70. The zero-order valence-corrected chi connectivity index (χ0v) is 15.2. The fourth-order valence-electron chi connectivity index (χ4n) is 2.66. The van der Waals surface area contributed by atoms with Crippen LogP contribution >= 0.6 is 11.6 Å². The predicted molar refractivity (Wildman–Crippen MR) is 104 cm³/mol. The van der Waals surface area contributed by atoms with Gasteiger partial charge in [-0.2, -0.15) is 0 Å². The standard InChI is InChI=1S/C21H18ClNO3/c1-13-18(22)11-6-12-19(13)23-20(24)14(2)26-21(25)17-10-5-8-15-7-3-4-9-16(15)17/h3-12,14H,1-2H3,(H,23,24)/t14-/m0/s1. The molecule has 0 saturated heterocycles. The minimum absolute atomic E-state index is 0.413. The Morgan fingerprint density at radius 2 is 1.69 bits per heavy atom. The van der Waals surface area contributed by atoms with Crippen molar-refractivity contribution in [2.45, 2.75) is 20.0 Å². The lowest BCUT2D eigenvalue weighted by Gasteiger charge is -2.15. The van der Waals surface area contributed by atoms with Gasteiger partial charge in [-0.25, -0.2) is 4.79 Å². The summed E-state index contributed by atoms with van der Waals surface area (Å²) in [5.41, 5.74) is 1.78. The molecule has 0 fully saturated rings. The van der Waals surface area contributed by atoms with Gasteiger partial charge in [-0.3, -0.25) is 4.79 Å². The number of anilines is 1. The number of benzene rings is 3. The summed E-state index contributed by atoms with van der Waals surface area (Å²) in [4.78, 5) is 24.9. The molecule has 4 nitrogen and oxygen atoms in total. The molecular formula is C21H18ClNO3. The number of fused-ring (bicyclic) bond motifs is 1. The monoisotopic (exact) mass is 367 g/mol. The smallest absolute Gasteiger partial charge is 0.339 e. The molecule has 0 aliphatic carbocycles. The van der Waals surface area contributed by atoms with Crippen molar-refractivity contribution in [1.82, 2.24) is 0 Å². The molecule has 26 heavy (non-hydrogen) atoms. The van der Waals surface area contributed by atoms with Crippen LogP contribution < -0.4 is 5.32 Å². The van der Waals surface area contributed by atoms with E-state index in [-0.39, 0.29) is 0 Å². The molecule has 0 spiro atoms. The van der Waals surface area contributed by atoms with Crippen molar-refractivity contribution in [2.75, 3.05) is 5.32 Å². The summed E-state index contributed by atoms with van der Waals surface area (Å²) in [5.74, 6) is -0.948. The van der Waals surface area contributed by atoms with E-state index in [0.717, 1.165) is 16.3 Å². The highest BCUT2D eigenvalue weighted by atomic mass is 35.5. The van der Waals surface area contributed by atoms with E-state index in [4.69, 9.17) is 16.3 Å². The molecular weight excluding hydrogens is 350 g/mol. The molecule has 0 aliphatic heterocycles. The van der Waals surface area contributed by atoms with Crippen molar-refractivity contribution >= 4 is 39.9 Å². The molecule has 3 aromatic rings. The molecule has 1 amide bonds. The van der Waals surface area contributed by atoms with Gasteiger partial charge in [0.05, 0.1) is 5.56 Å². The van der Waals surface area contributed by atoms with Crippen molar-refractivity contribution < 1.29 is 14.3 Å². The van der Waals surface area contributed by atoms with E-state index >= 15 is 0 Å². The molecule has 0 radical (unpaired) electrons. The van der Waals surface area contributed by atoms with Crippen LogP contribution in [0.1, 0.15) is 22.8 Å². The molecule has 0 aliphatic rings. The minimum Gasteiger partial charge on any atom is -0.449 e. The summed E-state index contributed by atoms with van der Waals surface area (Å²) in [6.07, 6.45) is -0.945. The maximum Gasteiger partial charge on any atom is 0.339 e. The van der Waals surface area contributed by atoms with E-state index in [0.29, 0.717) is 16.3 Å². The van der Waals surface area contributed by atoms with E-state index < -0.39 is 18.0 Å². The Kier molecular flexibility index (Phi) is 5.24. The van der Waals surface area contributed by atoms with Crippen LogP contribution in [0.25, 0.3) is 10.8 Å². The normalized spacial score (nSPS) is 11.8. The topological polar surface area (TPSA) is 55.4 Å². The molecule has 0 heterocycles. The van der Waals surface area contributed by atoms with Crippen LogP contribution in [-0.4, -0.2) is 18.0 Å². The Balaban J connectivity index is 1.74. The van der Waals surface area contributed by atoms with Crippen LogP contribution in [0.5, 0.6) is 0 Å². The number of hydrogen-bond donors (Lipinski definition) is 1. The number of rotatable bonds is 4. The Labute approximate surface area is 156 Å². The van der Waals surface area contributed by atoms with Gasteiger partial charge in [-0.05, 0) is 48.4 Å². The molecule has 3 aromatic carbocycles. The third-order valence-corrected chi connectivity index (χ3v) is 4.60. The second-order valence-corrected chi connectivity index (χ2v) is 6.38. The Morgan fingerprint density at radius 1 is 1.00 bits per heavy atom. The van der Waals surface area contributed by atoms with Crippen LogP contribution in [-0.2, 0) is 9.53 Å². The van der Waals surface area contributed by atoms with E-state index in [9.17, 15) is 9.59 Å². The van der Waals surface area contributed by atoms with E-state index in [1.807, 2.05) is 37.3 Å². The number of halogens is 1. The van der Waals surface area contributed by atoms with Crippen molar-refractivity contribution in [1.29, 1.82) is 0 Å². The molecule has 132 valence electrons. The van der Waals surface area contributed by atoms with E-state index in [2.05, 4.69) is 5.32 Å². The van der Waals surface area contributed by atoms with Gasteiger partial charge in [0, 0.05) is 10.7 Å². The van der Waals surface area contributed by atoms with E-state index in [1.54, 1.807) is 30.3 Å². The quantitative estimate of drug-likeness (QED) is 0.661. The van der Waals surface area contributed by atoms with Crippen LogP contribution in [0, 0.1) is 6.92 Å². The number of carbonyl (C=O) groups excluding carboxylic acids is 2. The van der Waals surface area contributed by atoms with Gasteiger partial charge in [-0.1, -0.05) is 54.1 Å². The largest absolute Gasteiger partial charge is 0.449 e. The molecule has 0 unspecified atom stereocenters. The second-order valence-electron chi connectivity index (χ2n) is 5.98. The zero-order valence-electron chi connectivity index (χ0n) is 14.5. The van der Waals surface area contributed by atoms with Crippen molar-refractivity contribution in [3.8, 4) is 0 Å². The van der Waals surface area contributed by atoms with Gasteiger partial charge >= 0.3 is 5.97 Å². The second kappa shape index (κ2) is 7.58. The average Bonchev–Trinajstić information content (AvgIpc) is 2.64. The van der Waals surface area contributed by atoms with Crippen molar-refractivity contribution in [3.05, 3.63) is 76.8 Å². The first-order valence-corrected chi connectivity index (χ1v) is 8.60. The van der Waals surface area contributed by atoms with Gasteiger partial charge < -0.3 is 10.1 Å². The first kappa shape index (κ1) is 18.0. The lowest BCUT2D eigenvalue weighted by atomic mass is 10.0. The van der Waals surface area contributed by atoms with Gasteiger partial charge in [-0.15, -0.1) is 0 Å². The molecule has 1 atom stereocenters. The van der Waals surface area contributed by atoms with Crippen LogP contribution in [0.3, 0.4) is 0 Å². The summed E-state index contributed by atoms with van der Waals surface area (Å²) in [6, 6.07) is 18.2. The molecule has 3 rings (SSSR count). The van der Waals surface area contributed by atoms with Gasteiger partial charge in [0.25, 0.3) is 5.91 Å². The maximum absolute atomic E-state index is 12.5. The van der Waals surface area contributed by atoms with Gasteiger partial charge in [0.15, 0.2) is 6.10 Å². The number of amides is 1. The minimum atomic E-state index is -0.945. The van der Waals surface area contributed by atoms with Crippen molar-refractivity contribution in [2.24, 2.45) is 0 Å². The lowest BCUT2D eigenvalue weighted by Crippen LogP contribution is -2.30. The lowest BCUT2D eigenvalue weighted by molar-refractivity contribution is -0.123. The predicted octanol–water partition coefficient (Wildman–Crippen LogP) is 4.99. The Bertz CT molecular complexity index is 979. The molecule has 0 aromatic heterocycles. The fourth-order valence-corrected chi connectivity index (χ4v) is 2.83. The molecule has 1 N–H and O–H groups in total. The molecule has 0 bridgehead atoms. The first-order chi connectivity index (χ1) is 12.5. The van der Waals surface area contributed by atoms with Gasteiger partial charge in [0.2, 0.25) is 0 Å². The fraction of sp³-hybridized carbons (Fsp3) is 0.143. The average molecular weight is 368 g/mol. The number of esters is 1. The van der Waals surface area contributed by atoms with E-state index in [1.165, 1.54) is 6.92 Å². The van der Waals surface area contributed by atoms with Crippen LogP contribution in [0.15, 0.2) is 60.7 Å². The van der Waals surface area contributed by atoms with Crippen molar-refractivity contribution in [3.63, 3.8) is 0 Å². The highest BCUT2D eigenvalue weighted by Crippen LogP contribution is 2.23. The zero-order chi connectivity index (χ0) is 18.7. The number of carbonyl (C=O) groups is 2.